The third-order valence-electron chi connectivity index (χ3n) is 4.59. The summed E-state index contributed by atoms with van der Waals surface area (Å²) >= 11 is 0. The molecule has 1 aromatic heterocycles. The summed E-state index contributed by atoms with van der Waals surface area (Å²) in [6.45, 7) is 1.39. The first-order chi connectivity index (χ1) is 10.5. The lowest BCUT2D eigenvalue weighted by Gasteiger charge is -2.28. The number of hydrogen-bond donors (Lipinski definition) is 0. The third kappa shape index (κ3) is 3.42. The van der Waals surface area contributed by atoms with Crippen molar-refractivity contribution in [2.24, 2.45) is 17.3 Å². The zero-order valence-electron chi connectivity index (χ0n) is 13.1. The van der Waals surface area contributed by atoms with Crippen molar-refractivity contribution >= 4 is 11.5 Å². The van der Waals surface area contributed by atoms with Crippen LogP contribution in [0.25, 0.3) is 5.70 Å². The summed E-state index contributed by atoms with van der Waals surface area (Å²) in [6, 6.07) is 0. The van der Waals surface area contributed by atoms with E-state index >= 15 is 0 Å². The number of hydrogen-bond acceptors (Lipinski definition) is 3. The van der Waals surface area contributed by atoms with Gasteiger partial charge in [-0.3, -0.25) is 4.79 Å². The van der Waals surface area contributed by atoms with Gasteiger partial charge in [-0.1, -0.05) is 32.3 Å². The van der Waals surface area contributed by atoms with Crippen molar-refractivity contribution in [1.29, 1.82) is 0 Å². The molecule has 0 saturated heterocycles. The van der Waals surface area contributed by atoms with Crippen LogP contribution in [0.15, 0.2) is 18.7 Å². The van der Waals surface area contributed by atoms with Crippen LogP contribution < -0.4 is 0 Å². The minimum absolute atomic E-state index is 0.223. The Morgan fingerprint density at radius 2 is 2.05 bits per heavy atom. The van der Waals surface area contributed by atoms with Crippen LogP contribution in [0.3, 0.4) is 0 Å². The van der Waals surface area contributed by atoms with Gasteiger partial charge in [0.1, 0.15) is 31.7 Å². The van der Waals surface area contributed by atoms with Gasteiger partial charge in [0.05, 0.1) is 5.41 Å². The molecule has 0 aromatic carbocycles. The molecule has 1 aliphatic rings. The molecule has 0 bridgehead atoms. The predicted molar refractivity (Wildman–Crippen MR) is 80.5 cm³/mol. The van der Waals surface area contributed by atoms with Gasteiger partial charge >= 0.3 is 0 Å². The molecule has 22 heavy (non-hydrogen) atoms. The van der Waals surface area contributed by atoms with Gasteiger partial charge in [0.15, 0.2) is 5.78 Å². The number of Topliss-reactive ketones (excluding diaryl/α,β-unsaturated/α-hetero) is 1. The second kappa shape index (κ2) is 7.11. The van der Waals surface area contributed by atoms with E-state index in [1.165, 1.54) is 30.7 Å². The molecular weight excluding hydrogens is 288 g/mol. The lowest BCUT2D eigenvalue weighted by atomic mass is 9.78. The number of carbonyl (C=O) groups excluding carboxylic acids is 1. The van der Waals surface area contributed by atoms with Gasteiger partial charge in [0, 0.05) is 0 Å². The Morgan fingerprint density at radius 1 is 1.36 bits per heavy atom. The zero-order chi connectivity index (χ0) is 16.2. The van der Waals surface area contributed by atoms with E-state index in [9.17, 15) is 13.6 Å². The van der Waals surface area contributed by atoms with Crippen LogP contribution in [0.4, 0.5) is 8.78 Å². The maximum absolute atomic E-state index is 13.2. The Morgan fingerprint density at radius 3 is 2.59 bits per heavy atom. The van der Waals surface area contributed by atoms with Crippen molar-refractivity contribution in [2.75, 3.05) is 13.3 Å². The number of allylic oxidation sites excluding steroid dienone is 2. The molecule has 0 unspecified atom stereocenters. The number of carbonyl (C=O) groups is 1. The number of ketones is 1. The van der Waals surface area contributed by atoms with Crippen LogP contribution in [0.1, 0.15) is 39.5 Å². The third-order valence-corrected chi connectivity index (χ3v) is 4.59. The van der Waals surface area contributed by atoms with Crippen molar-refractivity contribution in [1.82, 2.24) is 14.8 Å². The molecule has 4 nitrogen and oxygen atoms in total. The van der Waals surface area contributed by atoms with Gasteiger partial charge in [0.2, 0.25) is 0 Å². The molecule has 1 aliphatic carbocycles. The topological polar surface area (TPSA) is 47.8 Å². The van der Waals surface area contributed by atoms with Crippen molar-refractivity contribution in [3.05, 3.63) is 18.7 Å². The molecule has 1 fully saturated rings. The molecule has 0 amide bonds. The molecule has 6 heteroatoms. The monoisotopic (exact) mass is 311 g/mol. The van der Waals surface area contributed by atoms with E-state index in [2.05, 4.69) is 17.0 Å². The van der Waals surface area contributed by atoms with Crippen LogP contribution in [0, 0.1) is 17.3 Å². The van der Waals surface area contributed by atoms with Gasteiger partial charge in [-0.2, -0.15) is 5.10 Å². The fourth-order valence-corrected chi connectivity index (χ4v) is 2.85. The highest BCUT2D eigenvalue weighted by atomic mass is 19.1. The van der Waals surface area contributed by atoms with Crippen LogP contribution in [-0.2, 0) is 4.79 Å². The molecule has 0 N–H and O–H groups in total. The predicted octanol–water partition coefficient (Wildman–Crippen LogP) is 3.46. The Hall–Kier alpha value is -1.59. The van der Waals surface area contributed by atoms with Crippen molar-refractivity contribution in [2.45, 2.75) is 39.5 Å². The molecule has 1 aromatic rings. The first-order valence-corrected chi connectivity index (χ1v) is 7.75. The van der Waals surface area contributed by atoms with Gasteiger partial charge in [0.25, 0.3) is 0 Å². The van der Waals surface area contributed by atoms with Crippen LogP contribution in [0.5, 0.6) is 0 Å². The maximum atomic E-state index is 13.2. The molecule has 122 valence electrons. The quantitative estimate of drug-likeness (QED) is 0.756. The molecular formula is C16H23F2N3O. The smallest absolute Gasteiger partial charge is 0.192 e. The van der Waals surface area contributed by atoms with Crippen LogP contribution in [-0.4, -0.2) is 33.9 Å². The summed E-state index contributed by atoms with van der Waals surface area (Å²) in [5, 5.41) is 3.98. The first-order valence-electron chi connectivity index (χ1n) is 7.75. The Balaban J connectivity index is 2.37. The van der Waals surface area contributed by atoms with E-state index in [0.29, 0.717) is 5.92 Å². The summed E-state index contributed by atoms with van der Waals surface area (Å²) < 4.78 is 27.8. The average molecular weight is 311 g/mol. The van der Waals surface area contributed by atoms with Gasteiger partial charge in [-0.05, 0) is 25.2 Å². The molecule has 0 radical (unpaired) electrons. The average Bonchev–Trinajstić information content (AvgIpc) is 3.07. The second-order valence-electron chi connectivity index (χ2n) is 6.47. The standard InChI is InChI=1S/C16H23F2N3O/c1-12-5-3-4-6-13(12)7-14(21-11-19-10-20-21)15(22)16(2,8-17)9-18/h7,10-13H,3-6,8-9H2,1-2H3/b14-7-/t12-,13+/m0/s1. The minimum atomic E-state index is -1.66. The van der Waals surface area contributed by atoms with E-state index in [-0.39, 0.29) is 11.6 Å². The van der Waals surface area contributed by atoms with Crippen molar-refractivity contribution in [3.63, 3.8) is 0 Å². The molecule has 0 spiro atoms. The summed E-state index contributed by atoms with van der Waals surface area (Å²) in [7, 11) is 0. The first kappa shape index (κ1) is 16.8. The number of rotatable bonds is 6. The van der Waals surface area contributed by atoms with Crippen molar-refractivity contribution < 1.29 is 13.6 Å². The van der Waals surface area contributed by atoms with E-state index in [0.717, 1.165) is 19.3 Å². The van der Waals surface area contributed by atoms with Gasteiger partial charge in [-0.25, -0.2) is 18.4 Å². The normalized spacial score (nSPS) is 23.5. The highest BCUT2D eigenvalue weighted by Crippen LogP contribution is 2.33. The summed E-state index contributed by atoms with van der Waals surface area (Å²) in [4.78, 5) is 16.5. The Bertz CT molecular complexity index is 524. The van der Waals surface area contributed by atoms with E-state index < -0.39 is 24.5 Å². The fraction of sp³-hybridized carbons (Fsp3) is 0.688. The van der Waals surface area contributed by atoms with E-state index in [1.54, 1.807) is 0 Å². The number of aromatic nitrogens is 3. The number of halogens is 2. The van der Waals surface area contributed by atoms with Crippen LogP contribution in [0.2, 0.25) is 0 Å². The van der Waals surface area contributed by atoms with Gasteiger partial charge in [-0.15, -0.1) is 0 Å². The molecule has 1 heterocycles. The molecule has 0 aliphatic heterocycles. The largest absolute Gasteiger partial charge is 0.292 e. The molecule has 1 saturated carbocycles. The molecule has 2 rings (SSSR count). The minimum Gasteiger partial charge on any atom is -0.292 e. The van der Waals surface area contributed by atoms with Gasteiger partial charge < -0.3 is 0 Å². The highest BCUT2D eigenvalue weighted by Gasteiger charge is 2.37. The lowest BCUT2D eigenvalue weighted by molar-refractivity contribution is -0.124. The van der Waals surface area contributed by atoms with Crippen molar-refractivity contribution in [3.8, 4) is 0 Å². The molecule has 2 atom stereocenters. The lowest BCUT2D eigenvalue weighted by Crippen LogP contribution is -2.35. The summed E-state index contributed by atoms with van der Waals surface area (Å²) in [6.07, 6.45) is 8.92. The zero-order valence-corrected chi connectivity index (χ0v) is 13.1. The number of nitrogens with zero attached hydrogens (tertiary/aromatic N) is 3. The summed E-state index contributed by atoms with van der Waals surface area (Å²) in [5.41, 5.74) is -1.43. The van der Waals surface area contributed by atoms with E-state index in [4.69, 9.17) is 0 Å². The van der Waals surface area contributed by atoms with Crippen LogP contribution >= 0.6 is 0 Å². The maximum Gasteiger partial charge on any atom is 0.192 e. The Labute approximate surface area is 129 Å². The highest BCUT2D eigenvalue weighted by molar-refractivity contribution is 6.17. The van der Waals surface area contributed by atoms with E-state index in [1.807, 2.05) is 6.08 Å². The fourth-order valence-electron chi connectivity index (χ4n) is 2.85. The number of alkyl halides is 2. The SMILES string of the molecule is C[C@H]1CCCC[C@@H]1/C=C(/C(=O)C(C)(CF)CF)n1cncn1. The summed E-state index contributed by atoms with van der Waals surface area (Å²) in [5.74, 6) is 0.114. The Kier molecular flexibility index (Phi) is 5.42. The second-order valence-corrected chi connectivity index (χ2v) is 6.47.